The smallest absolute Gasteiger partial charge is 0.303 e. The van der Waals surface area contributed by atoms with Crippen molar-refractivity contribution in [1.82, 2.24) is 5.32 Å². The van der Waals surface area contributed by atoms with E-state index in [9.17, 15) is 105 Å². The fourth-order valence-electron chi connectivity index (χ4n) is 15.9. The van der Waals surface area contributed by atoms with Gasteiger partial charge >= 0.3 is 5.97 Å². The summed E-state index contributed by atoms with van der Waals surface area (Å²) in [5.41, 5.74) is 4.59. The zero-order valence-corrected chi connectivity index (χ0v) is 68.8. The number of amides is 1. The second-order valence-electron chi connectivity index (χ2n) is 30.4. The third-order valence-electron chi connectivity index (χ3n) is 21.1. The maximum Gasteiger partial charge on any atom is 0.303 e. The molecule has 0 bridgehead atoms. The first-order chi connectivity index (χ1) is 52.3. The molecular weight excluding hydrogens is 1600 g/mol. The molecule has 29 nitrogen and oxygen atoms in total. The predicted molar refractivity (Wildman–Crippen MR) is 427 cm³/mol. The second-order valence-corrected chi connectivity index (χ2v) is 40.6. The molecule has 0 fully saturated rings. The van der Waals surface area contributed by atoms with E-state index in [4.69, 9.17) is 0 Å². The van der Waals surface area contributed by atoms with E-state index < -0.39 is 130 Å². The minimum Gasteiger partial charge on any atom is -0.481 e. The number of anilines is 2. The fourth-order valence-corrected chi connectivity index (χ4v) is 20.1. The van der Waals surface area contributed by atoms with E-state index in [-0.39, 0.29) is 84.2 Å². The molecule has 0 radical (unpaired) electrons. The van der Waals surface area contributed by atoms with Gasteiger partial charge < -0.3 is 20.2 Å². The molecule has 608 valence electrons. The number of rotatable bonds is 33. The average molecular weight is 1700 g/mol. The lowest BCUT2D eigenvalue weighted by molar-refractivity contribution is -0.437. The summed E-state index contributed by atoms with van der Waals surface area (Å²) >= 11 is 0. The number of carbonyl (C=O) groups excluding carboxylic acids is 1. The van der Waals surface area contributed by atoms with Crippen molar-refractivity contribution in [2.45, 2.75) is 172 Å². The lowest BCUT2D eigenvalue weighted by Gasteiger charge is -2.27. The molecular formula is C77H91N5O24S7+2. The Balaban J connectivity index is 0.873. The van der Waals surface area contributed by atoms with Crippen LogP contribution in [0.1, 0.15) is 147 Å². The number of carboxylic acids is 1. The molecule has 9 N–H and O–H groups in total. The molecule has 0 atom stereocenters. The van der Waals surface area contributed by atoms with Crippen LogP contribution in [-0.2, 0) is 109 Å². The minimum atomic E-state index is -5.10. The molecule has 0 aromatic heterocycles. The van der Waals surface area contributed by atoms with Gasteiger partial charge in [-0.3, -0.25) is 41.5 Å². The Labute approximate surface area is 658 Å². The van der Waals surface area contributed by atoms with Crippen LogP contribution in [0.4, 0.5) is 22.7 Å². The van der Waals surface area contributed by atoms with Crippen molar-refractivity contribution in [3.05, 3.63) is 185 Å². The zero-order valence-electron chi connectivity index (χ0n) is 63.1. The molecule has 0 spiro atoms. The topological polar surface area (TPSA) is 459 Å². The van der Waals surface area contributed by atoms with Crippen molar-refractivity contribution in [3.63, 3.8) is 0 Å². The highest BCUT2D eigenvalue weighted by atomic mass is 32.2. The van der Waals surface area contributed by atoms with Crippen molar-refractivity contribution in [1.29, 1.82) is 0 Å². The van der Waals surface area contributed by atoms with Crippen LogP contribution in [0, 0.1) is 0 Å². The quantitative estimate of drug-likeness (QED) is 0.00799. The van der Waals surface area contributed by atoms with E-state index in [1.54, 1.807) is 60.9 Å². The summed E-state index contributed by atoms with van der Waals surface area (Å²) in [6.45, 7) is 16.1. The first kappa shape index (κ1) is 86.9. The molecule has 0 saturated heterocycles. The van der Waals surface area contributed by atoms with Crippen LogP contribution < -0.4 is 15.1 Å². The molecule has 1 amide bonds. The number of nitrogens with zero attached hydrogens (tertiary/aromatic N) is 4. The van der Waals surface area contributed by atoms with Gasteiger partial charge in [-0.25, -0.2) is 0 Å². The van der Waals surface area contributed by atoms with Crippen LogP contribution in [0.15, 0.2) is 182 Å². The summed E-state index contributed by atoms with van der Waals surface area (Å²) in [6, 6.07) is 19.5. The summed E-state index contributed by atoms with van der Waals surface area (Å²) in [4.78, 5) is 25.5. The maximum atomic E-state index is 13.7. The van der Waals surface area contributed by atoms with Gasteiger partial charge in [0, 0.05) is 125 Å². The molecule has 0 saturated carbocycles. The molecule has 0 unspecified atom stereocenters. The second kappa shape index (κ2) is 32.3. The lowest BCUT2D eigenvalue weighted by Crippen LogP contribution is -2.28. The van der Waals surface area contributed by atoms with E-state index in [1.165, 1.54) is 30.3 Å². The van der Waals surface area contributed by atoms with Crippen molar-refractivity contribution in [2.75, 3.05) is 47.5 Å². The van der Waals surface area contributed by atoms with Gasteiger partial charge in [-0.05, 0) is 154 Å². The number of carbonyl (C=O) groups is 2. The van der Waals surface area contributed by atoms with Crippen LogP contribution >= 0.6 is 0 Å². The standard InChI is InChI=1S/C77H89N5O24S7/c1-74(2)58-43-50(29-33-60(58)80(39-21-41-107(86,87)88)66(74)23-13-9-14-24-67-75(3,4)59-46-51(109(92,93)94)30-34-61(59)79(67)37-20-12-18-28-71(84)85)49-78-70(83)27-17-11-19-38-81-62-35-31-54-56(44-52(110(95,96)97)47-64(54)112(101,102)103)72(62)76(5,6)68(81)25-15-10-16-26-69-77(7,8)73-57-45-53(111(98,99)100)48-65(113(104,105)106)55(57)32-36-63(73)82(69)40-22-42-108(89,90)91/h9-10,13-16,23-26,29-36,43-48H,11-12,17-22,27-28,37-42,49H2,1-8H3,(H7-2,78,83,84,85,86,87,88,89,90,91,92,93,94,95,96,97,98,99,100,101,102,103,104,105,106)/p+2. The molecule has 36 heteroatoms. The van der Waals surface area contributed by atoms with Crippen molar-refractivity contribution in [3.8, 4) is 0 Å². The third kappa shape index (κ3) is 19.1. The van der Waals surface area contributed by atoms with E-state index in [0.717, 1.165) is 46.0 Å². The molecule has 4 aliphatic heterocycles. The van der Waals surface area contributed by atoms with Gasteiger partial charge in [0.05, 0.1) is 37.0 Å². The third-order valence-corrected chi connectivity index (χ3v) is 27.0. The number of hydrogen-bond donors (Lipinski definition) is 9. The van der Waals surface area contributed by atoms with Gasteiger partial charge in [0.25, 0.3) is 70.8 Å². The van der Waals surface area contributed by atoms with Gasteiger partial charge in [-0.2, -0.15) is 68.1 Å². The first-order valence-corrected chi connectivity index (χ1v) is 46.4. The Bertz CT molecular complexity index is 6050. The number of aliphatic carboxylic acids is 1. The fraction of sp³-hybridized carbons (Fsp3) is 0.377. The van der Waals surface area contributed by atoms with Crippen molar-refractivity contribution in [2.24, 2.45) is 0 Å². The first-order valence-electron chi connectivity index (χ1n) is 36.0. The SMILES string of the molecule is CC1(C)C(/C=C/C=C/C=C2/N(CCCCCC(=O)O)c3ccc(S(=O)(=O)O)cc3C2(C)C)=[N+](CCCS(=O)(=O)O)c2ccc(CNC(=O)CCCCCN3/C(=C/C=C/C=C/C4=[N+](CCCS(=O)(=O)O)c5ccc6c(S(=O)(=O)O)cc(S(=O)(=O)O)cc6c5C4(C)C)C(C)(C)c4c3ccc3c(S(=O)(=O)O)cc(S(=O)(=O)O)cc43)cc21. The Morgan fingerprint density at radius 3 is 1.38 bits per heavy atom. The Hall–Kier alpha value is -8.47. The van der Waals surface area contributed by atoms with Crippen LogP contribution in [-0.4, -0.2) is 166 Å². The minimum absolute atomic E-state index is 0.0220. The van der Waals surface area contributed by atoms with Crippen molar-refractivity contribution >= 4 is 138 Å². The molecule has 113 heavy (non-hydrogen) atoms. The van der Waals surface area contributed by atoms with Gasteiger partial charge in [-0.1, -0.05) is 89.1 Å². The van der Waals surface area contributed by atoms with Gasteiger partial charge in [0.15, 0.2) is 11.4 Å². The molecule has 6 aromatic carbocycles. The monoisotopic (exact) mass is 1690 g/mol. The van der Waals surface area contributed by atoms with Gasteiger partial charge in [0.2, 0.25) is 17.3 Å². The highest BCUT2D eigenvalue weighted by Crippen LogP contribution is 2.53. The van der Waals surface area contributed by atoms with Crippen LogP contribution in [0.25, 0.3) is 21.5 Å². The molecule has 6 aromatic rings. The Morgan fingerprint density at radius 2 is 0.876 bits per heavy atom. The number of benzene rings is 6. The number of hydrogen-bond acceptors (Lipinski definition) is 18. The van der Waals surface area contributed by atoms with Gasteiger partial charge in [-0.15, -0.1) is 0 Å². The Morgan fingerprint density at radius 1 is 0.416 bits per heavy atom. The average Bonchev–Trinajstić information content (AvgIpc) is 1.61. The molecule has 0 aliphatic carbocycles. The summed E-state index contributed by atoms with van der Waals surface area (Å²) in [5.74, 6) is -2.29. The number of nitrogens with one attached hydrogen (secondary N) is 1. The largest absolute Gasteiger partial charge is 0.481 e. The summed E-state index contributed by atoms with van der Waals surface area (Å²) in [5, 5.41) is 12.2. The predicted octanol–water partition coefficient (Wildman–Crippen LogP) is 11.6. The normalized spacial score (nSPS) is 17.7. The van der Waals surface area contributed by atoms with Crippen LogP contribution in [0.2, 0.25) is 0 Å². The zero-order chi connectivity index (χ0) is 83.4. The van der Waals surface area contributed by atoms with Crippen LogP contribution in [0.5, 0.6) is 0 Å². The Kier molecular flexibility index (Phi) is 24.9. The van der Waals surface area contributed by atoms with E-state index >= 15 is 0 Å². The number of allylic oxidation sites excluding steroid dienone is 12. The van der Waals surface area contributed by atoms with E-state index in [1.807, 2.05) is 99.6 Å². The number of unbranched alkanes of at least 4 members (excludes halogenated alkanes) is 4. The van der Waals surface area contributed by atoms with Crippen molar-refractivity contribution < 1.29 is 115 Å². The lowest BCUT2D eigenvalue weighted by atomic mass is 9.79. The van der Waals surface area contributed by atoms with Crippen LogP contribution in [0.3, 0.4) is 0 Å². The van der Waals surface area contributed by atoms with Gasteiger partial charge in [0.1, 0.15) is 22.9 Å². The summed E-state index contributed by atoms with van der Waals surface area (Å²) in [6.07, 6.45) is 21.0. The summed E-state index contributed by atoms with van der Waals surface area (Å²) < 4.78 is 248. The number of carboxylic acid groups (broad SMARTS) is 1. The summed E-state index contributed by atoms with van der Waals surface area (Å²) in [7, 11) is -33.6. The molecule has 10 rings (SSSR count). The van der Waals surface area contributed by atoms with E-state index in [0.29, 0.717) is 96.7 Å². The highest BCUT2D eigenvalue weighted by molar-refractivity contribution is 7.87. The molecule has 4 heterocycles. The number of fused-ring (bicyclic) bond motifs is 8. The maximum absolute atomic E-state index is 13.7. The highest BCUT2D eigenvalue weighted by Gasteiger charge is 2.48. The van der Waals surface area contributed by atoms with E-state index in [2.05, 4.69) is 10.2 Å². The molecule has 4 aliphatic rings.